The molecule has 2 N–H and O–H groups in total. The van der Waals surface area contributed by atoms with E-state index in [1.54, 1.807) is 36.4 Å². The van der Waals surface area contributed by atoms with Gasteiger partial charge < -0.3 is 19.0 Å². The summed E-state index contributed by atoms with van der Waals surface area (Å²) >= 11 is 6.54. The monoisotopic (exact) mass is 526 g/mol. The first-order valence-corrected chi connectivity index (χ1v) is 12.1. The van der Waals surface area contributed by atoms with Crippen molar-refractivity contribution in [3.63, 3.8) is 0 Å². The lowest BCUT2D eigenvalue weighted by molar-refractivity contribution is 0.0701. The van der Waals surface area contributed by atoms with Gasteiger partial charge in [0.2, 0.25) is 5.76 Å². The molecule has 3 aromatic carbocycles. The molecule has 0 saturated heterocycles. The van der Waals surface area contributed by atoms with Crippen LogP contribution in [0.15, 0.2) is 94.6 Å². The van der Waals surface area contributed by atoms with E-state index in [-0.39, 0.29) is 11.5 Å². The number of ether oxygens (including phenoxy) is 1. The van der Waals surface area contributed by atoms with Crippen molar-refractivity contribution in [2.45, 2.75) is 0 Å². The number of hydrazone groups is 1. The zero-order chi connectivity index (χ0) is 26.6. The molecule has 5 rings (SSSR count). The van der Waals surface area contributed by atoms with Crippen molar-refractivity contribution < 1.29 is 18.7 Å². The first kappa shape index (κ1) is 24.9. The topological polar surface area (TPSA) is 99.9 Å². The molecule has 0 aliphatic carbocycles. The molecule has 0 aliphatic rings. The number of carbonyl (C=O) groups excluding carboxylic acids is 2. The van der Waals surface area contributed by atoms with Gasteiger partial charge in [-0.25, -0.2) is 10.2 Å². The lowest BCUT2D eigenvalue weighted by Gasteiger charge is -2.13. The maximum absolute atomic E-state index is 13.3. The van der Waals surface area contributed by atoms with E-state index >= 15 is 0 Å². The molecule has 0 fully saturated rings. The van der Waals surface area contributed by atoms with Gasteiger partial charge in [-0.1, -0.05) is 41.9 Å². The second-order valence-corrected chi connectivity index (χ2v) is 8.99. The van der Waals surface area contributed by atoms with E-state index in [0.29, 0.717) is 21.8 Å². The molecular weight excluding hydrogens is 504 g/mol. The highest BCUT2D eigenvalue weighted by Gasteiger charge is 2.21. The molecule has 8 nitrogen and oxygen atoms in total. The van der Waals surface area contributed by atoms with Gasteiger partial charge in [0.05, 0.1) is 12.5 Å². The van der Waals surface area contributed by atoms with Gasteiger partial charge in [-0.15, -0.1) is 0 Å². The molecule has 0 radical (unpaired) electrons. The number of carbonyl (C=O) groups is 2. The smallest absolute Gasteiger partial charge is 0.379 e. The number of aromatic amines is 1. The van der Waals surface area contributed by atoms with Crippen molar-refractivity contribution in [3.05, 3.63) is 107 Å². The van der Waals surface area contributed by atoms with Crippen LogP contribution in [0.4, 0.5) is 5.69 Å². The van der Waals surface area contributed by atoms with Gasteiger partial charge >= 0.3 is 5.97 Å². The fraction of sp³-hybridized carbons (Fsp3) is 0.0690. The molecule has 0 atom stereocenters. The third kappa shape index (κ3) is 5.02. The van der Waals surface area contributed by atoms with Crippen molar-refractivity contribution in [1.82, 2.24) is 10.4 Å². The quantitative estimate of drug-likeness (QED) is 0.115. The lowest BCUT2D eigenvalue weighted by Crippen LogP contribution is -2.19. The van der Waals surface area contributed by atoms with Crippen LogP contribution in [-0.4, -0.2) is 37.2 Å². The predicted molar refractivity (Wildman–Crippen MR) is 148 cm³/mol. The van der Waals surface area contributed by atoms with E-state index in [9.17, 15) is 9.59 Å². The van der Waals surface area contributed by atoms with E-state index in [1.165, 1.54) is 18.5 Å². The number of nitrogens with zero attached hydrogens (tertiary/aromatic N) is 2. The van der Waals surface area contributed by atoms with Crippen LogP contribution in [0, 0.1) is 0 Å². The van der Waals surface area contributed by atoms with E-state index in [0.717, 1.165) is 22.2 Å². The number of hydrogen-bond acceptors (Lipinski definition) is 6. The van der Waals surface area contributed by atoms with Crippen molar-refractivity contribution in [2.24, 2.45) is 5.10 Å². The van der Waals surface area contributed by atoms with Crippen molar-refractivity contribution in [3.8, 4) is 16.9 Å². The number of rotatable bonds is 7. The third-order valence-electron chi connectivity index (χ3n) is 5.88. The largest absolute Gasteiger partial charge is 0.457 e. The minimum Gasteiger partial charge on any atom is -0.457 e. The molecule has 0 saturated carbocycles. The number of aromatic nitrogens is 1. The van der Waals surface area contributed by atoms with E-state index in [2.05, 4.69) is 15.5 Å². The number of anilines is 1. The Morgan fingerprint density at radius 3 is 2.58 bits per heavy atom. The normalized spacial score (nSPS) is 11.1. The molecule has 1 amide bonds. The highest BCUT2D eigenvalue weighted by Crippen LogP contribution is 2.38. The van der Waals surface area contributed by atoms with Crippen molar-refractivity contribution in [1.29, 1.82) is 0 Å². The second-order valence-electron chi connectivity index (χ2n) is 8.58. The number of esters is 1. The summed E-state index contributed by atoms with van der Waals surface area (Å²) in [7, 11) is 3.91. The number of hydrogen-bond donors (Lipinski definition) is 2. The van der Waals surface area contributed by atoms with Crippen LogP contribution in [0.2, 0.25) is 5.02 Å². The van der Waals surface area contributed by atoms with E-state index in [1.807, 2.05) is 55.4 Å². The Morgan fingerprint density at radius 2 is 1.82 bits per heavy atom. The molecular formula is C29H23ClN4O4. The summed E-state index contributed by atoms with van der Waals surface area (Å²) in [5, 5.41) is 5.50. The second kappa shape index (κ2) is 10.7. The lowest BCUT2D eigenvalue weighted by atomic mass is 10.0. The van der Waals surface area contributed by atoms with Crippen LogP contribution in [0.3, 0.4) is 0 Å². The molecule has 9 heteroatoms. The van der Waals surface area contributed by atoms with Gasteiger partial charge in [0, 0.05) is 52.4 Å². The van der Waals surface area contributed by atoms with Crippen LogP contribution < -0.4 is 15.1 Å². The number of nitrogens with one attached hydrogen (secondary N) is 2. The molecule has 2 aromatic heterocycles. The number of halogens is 1. The standard InChI is InChI=1S/C29H23ClN4O4/c1-34(2)19-13-14-23-21(16-19)26(20-9-4-5-10-22(20)30)27(32-23)28(35)33-31-17-18-8-3-6-11-24(18)38-29(36)25-12-7-15-37-25/h3-17,32H,1-2H3,(H,33,35). The summed E-state index contributed by atoms with van der Waals surface area (Å²) in [5.41, 5.74) is 6.55. The highest BCUT2D eigenvalue weighted by atomic mass is 35.5. The predicted octanol–water partition coefficient (Wildman–Crippen LogP) is 6.13. The van der Waals surface area contributed by atoms with Gasteiger partial charge in [-0.2, -0.15) is 5.10 Å². The van der Waals surface area contributed by atoms with Gasteiger partial charge in [0.1, 0.15) is 11.4 Å². The average molecular weight is 527 g/mol. The molecule has 2 heterocycles. The Kier molecular flexibility index (Phi) is 6.97. The fourth-order valence-corrected chi connectivity index (χ4v) is 4.24. The molecule has 190 valence electrons. The van der Waals surface area contributed by atoms with Crippen molar-refractivity contribution in [2.75, 3.05) is 19.0 Å². The number of fused-ring (bicyclic) bond motifs is 1. The third-order valence-corrected chi connectivity index (χ3v) is 6.21. The fourth-order valence-electron chi connectivity index (χ4n) is 4.01. The number of furan rings is 1. The van der Waals surface area contributed by atoms with Crippen LogP contribution in [0.1, 0.15) is 26.6 Å². The first-order chi connectivity index (χ1) is 18.4. The Morgan fingerprint density at radius 1 is 1.03 bits per heavy atom. The number of H-pyrrole nitrogens is 1. The summed E-state index contributed by atoms with van der Waals surface area (Å²) in [6.07, 6.45) is 2.80. The first-order valence-electron chi connectivity index (χ1n) is 11.7. The Hall–Kier alpha value is -4.82. The SMILES string of the molecule is CN(C)c1ccc2[nH]c(C(=O)NN=Cc3ccccc3OC(=O)c3ccco3)c(-c3ccccc3Cl)c2c1. The van der Waals surface area contributed by atoms with Crippen LogP contribution >= 0.6 is 11.6 Å². The minimum atomic E-state index is -0.639. The summed E-state index contributed by atoms with van der Waals surface area (Å²) < 4.78 is 10.5. The van der Waals surface area contributed by atoms with Gasteiger partial charge in [-0.3, -0.25) is 4.79 Å². The highest BCUT2D eigenvalue weighted by molar-refractivity contribution is 6.34. The zero-order valence-corrected chi connectivity index (χ0v) is 21.3. The number of amides is 1. The molecule has 0 spiro atoms. The average Bonchev–Trinajstić information content (AvgIpc) is 3.58. The van der Waals surface area contributed by atoms with Gasteiger partial charge in [0.15, 0.2) is 0 Å². The summed E-state index contributed by atoms with van der Waals surface area (Å²) in [4.78, 5) is 30.8. The van der Waals surface area contributed by atoms with E-state index < -0.39 is 11.9 Å². The Bertz CT molecular complexity index is 1650. The molecule has 38 heavy (non-hydrogen) atoms. The van der Waals surface area contributed by atoms with Gasteiger partial charge in [-0.05, 0) is 48.5 Å². The van der Waals surface area contributed by atoms with E-state index in [4.69, 9.17) is 20.8 Å². The Balaban J connectivity index is 1.45. The van der Waals surface area contributed by atoms with Crippen LogP contribution in [-0.2, 0) is 0 Å². The maximum Gasteiger partial charge on any atom is 0.379 e. The van der Waals surface area contributed by atoms with Gasteiger partial charge in [0.25, 0.3) is 5.91 Å². The number of para-hydroxylation sites is 1. The zero-order valence-electron chi connectivity index (χ0n) is 20.6. The minimum absolute atomic E-state index is 0.0772. The maximum atomic E-state index is 13.3. The summed E-state index contributed by atoms with van der Waals surface area (Å²) in [5.74, 6) is -0.748. The molecule has 5 aromatic rings. The summed E-state index contributed by atoms with van der Waals surface area (Å²) in [6.45, 7) is 0. The van der Waals surface area contributed by atoms with Crippen LogP contribution in [0.5, 0.6) is 5.75 Å². The van der Waals surface area contributed by atoms with Crippen molar-refractivity contribution >= 4 is 46.3 Å². The Labute approximate surface area is 223 Å². The molecule has 0 aliphatic heterocycles. The molecule has 0 unspecified atom stereocenters. The van der Waals surface area contributed by atoms with Crippen LogP contribution in [0.25, 0.3) is 22.0 Å². The molecule has 0 bridgehead atoms. The summed E-state index contributed by atoms with van der Waals surface area (Å²) in [6, 6.07) is 23.2. The number of benzene rings is 3.